The maximum Gasteiger partial charge on any atom is 0.216 e. The van der Waals surface area contributed by atoms with Crippen LogP contribution in [0, 0.1) is 31.8 Å². The van der Waals surface area contributed by atoms with E-state index in [1.54, 1.807) is 18.3 Å². The van der Waals surface area contributed by atoms with Crippen molar-refractivity contribution >= 4 is 46.4 Å². The van der Waals surface area contributed by atoms with Crippen molar-refractivity contribution in [3.05, 3.63) is 162 Å². The van der Waals surface area contributed by atoms with Gasteiger partial charge in [-0.05, 0) is 101 Å². The van der Waals surface area contributed by atoms with Gasteiger partial charge in [0.25, 0.3) is 0 Å². The summed E-state index contributed by atoms with van der Waals surface area (Å²) in [4.78, 5) is 14.4. The van der Waals surface area contributed by atoms with E-state index >= 15 is 0 Å². The molecule has 9 aromatic rings. The van der Waals surface area contributed by atoms with Crippen LogP contribution in [-0.2, 0) is 26.5 Å². The minimum atomic E-state index is -2.16. The summed E-state index contributed by atoms with van der Waals surface area (Å²) in [6, 6.07) is 45.0. The van der Waals surface area contributed by atoms with Crippen LogP contribution in [0.3, 0.4) is 0 Å². The zero-order chi connectivity index (χ0) is 48.2. The van der Waals surface area contributed by atoms with Gasteiger partial charge in [-0.15, -0.1) is 59.2 Å². The van der Waals surface area contributed by atoms with E-state index in [0.717, 1.165) is 49.7 Å². The predicted molar refractivity (Wildman–Crippen MR) is 264 cm³/mol. The predicted octanol–water partition coefficient (Wildman–Crippen LogP) is 14.6. The maximum atomic E-state index is 8.59. The van der Waals surface area contributed by atoms with Gasteiger partial charge in [-0.3, -0.25) is 4.98 Å². The Balaban J connectivity index is 0.000000220. The van der Waals surface area contributed by atoms with E-state index in [0.29, 0.717) is 34.4 Å². The first-order chi connectivity index (χ1) is 31.6. The second kappa shape index (κ2) is 18.7. The smallest absolute Gasteiger partial charge is 0.216 e. The van der Waals surface area contributed by atoms with Crippen LogP contribution >= 0.6 is 0 Å². The molecule has 5 aromatic carbocycles. The molecule has 5 nitrogen and oxygen atoms in total. The van der Waals surface area contributed by atoms with Crippen LogP contribution in [-0.4, -0.2) is 27.6 Å². The minimum absolute atomic E-state index is 0. The molecular formula is C56H58IrN4OSi-2. The standard InChI is InChI=1S/C37H32N3O.C19H26NSi.Ir/c1-22(2)29-20-27(25-11-7-6-8-12-25)21-30(23(3)4)35(29)40-33-14-10-9-13-32(33)39-36(40)26-16-18-34-31(19-26)28-17-15-24(5)38-37(28)41-34;1-14(2)11-17-12-18(16-9-7-15(3)8-10-16)20-13-19(17)21(4,5)6;/h6-15,17-23H,1-5H3;7-9,12-14H,11H2,1-6H3;/q2*-1;/i;3D3,11D2;. The van der Waals surface area contributed by atoms with Gasteiger partial charge < -0.3 is 14.0 Å². The second-order valence-corrected chi connectivity index (χ2v) is 23.2. The van der Waals surface area contributed by atoms with Crippen molar-refractivity contribution in [1.29, 1.82) is 0 Å². The number of para-hydroxylation sites is 2. The fourth-order valence-corrected chi connectivity index (χ4v) is 9.49. The molecule has 0 aliphatic rings. The van der Waals surface area contributed by atoms with Gasteiger partial charge in [0, 0.05) is 49.9 Å². The molecule has 7 heteroatoms. The molecule has 4 aromatic heterocycles. The Morgan fingerprint density at radius 2 is 1.44 bits per heavy atom. The molecule has 0 amide bonds. The number of benzene rings is 5. The first-order valence-corrected chi connectivity index (χ1v) is 25.1. The van der Waals surface area contributed by atoms with E-state index in [9.17, 15) is 0 Å². The fraction of sp³-hybridized carbons (Fsp3) is 0.268. The summed E-state index contributed by atoms with van der Waals surface area (Å²) in [5.41, 5.74) is 13.8. The summed E-state index contributed by atoms with van der Waals surface area (Å²) in [6.45, 7) is 19.2. The summed E-state index contributed by atoms with van der Waals surface area (Å²) in [6.07, 6.45) is 0.328. The molecule has 0 aliphatic heterocycles. The third-order valence-electron chi connectivity index (χ3n) is 11.2. The molecule has 323 valence electrons. The van der Waals surface area contributed by atoms with Crippen molar-refractivity contribution in [2.45, 2.75) is 93.2 Å². The van der Waals surface area contributed by atoms with Crippen LogP contribution in [0.1, 0.15) is 88.2 Å². The van der Waals surface area contributed by atoms with E-state index in [4.69, 9.17) is 16.3 Å². The molecule has 0 atom stereocenters. The van der Waals surface area contributed by atoms with Crippen LogP contribution in [0.2, 0.25) is 19.6 Å². The van der Waals surface area contributed by atoms with Crippen molar-refractivity contribution in [2.24, 2.45) is 5.92 Å². The van der Waals surface area contributed by atoms with Crippen molar-refractivity contribution < 1.29 is 31.4 Å². The van der Waals surface area contributed by atoms with Crippen molar-refractivity contribution in [2.75, 3.05) is 0 Å². The van der Waals surface area contributed by atoms with E-state index < -0.39 is 21.3 Å². The maximum absolute atomic E-state index is 8.59. The molecule has 1 radical (unpaired) electrons. The Kier molecular flexibility index (Phi) is 11.6. The van der Waals surface area contributed by atoms with Crippen LogP contribution in [0.15, 0.2) is 126 Å². The minimum Gasteiger partial charge on any atom is -0.486 e. The zero-order valence-corrected chi connectivity index (χ0v) is 41.2. The van der Waals surface area contributed by atoms with Crippen molar-refractivity contribution in [3.63, 3.8) is 0 Å². The summed E-state index contributed by atoms with van der Waals surface area (Å²) in [7, 11) is -1.78. The van der Waals surface area contributed by atoms with Gasteiger partial charge in [0.1, 0.15) is 0 Å². The van der Waals surface area contributed by atoms with E-state index in [2.05, 4.69) is 153 Å². The SMILES string of the molecule is Cc1ccc2c(n1)oc1c[c-]c(-c3nc4ccccc4n3-c3c(C(C)C)cc(-c4ccccc4)cc3C(C)C)cc12.[2H]C([2H])([2H])c1c[c-]c(-c2cc(C([2H])([2H])C(C)C)c([Si](C)(C)C)cn2)cc1.[Ir]. The Morgan fingerprint density at radius 1 is 0.746 bits per heavy atom. The third-order valence-corrected chi connectivity index (χ3v) is 13.2. The Bertz CT molecular complexity index is 3210. The van der Waals surface area contributed by atoms with Crippen LogP contribution in [0.4, 0.5) is 0 Å². The number of furan rings is 1. The summed E-state index contributed by atoms with van der Waals surface area (Å²) < 4.78 is 48.0. The van der Waals surface area contributed by atoms with Gasteiger partial charge in [0.2, 0.25) is 5.71 Å². The van der Waals surface area contributed by atoms with Gasteiger partial charge in [0.05, 0.1) is 30.5 Å². The molecule has 0 bridgehead atoms. The second-order valence-electron chi connectivity index (χ2n) is 18.1. The first-order valence-electron chi connectivity index (χ1n) is 24.1. The summed E-state index contributed by atoms with van der Waals surface area (Å²) >= 11 is 0. The molecular weight excluding hydrogens is 965 g/mol. The number of hydrogen-bond donors (Lipinski definition) is 0. The molecule has 9 rings (SSSR count). The van der Waals surface area contributed by atoms with Crippen LogP contribution in [0.5, 0.6) is 0 Å². The van der Waals surface area contributed by atoms with Gasteiger partial charge in [-0.1, -0.05) is 128 Å². The molecule has 0 unspecified atom stereocenters. The zero-order valence-electron chi connectivity index (χ0n) is 42.8. The van der Waals surface area contributed by atoms with E-state index in [1.165, 1.54) is 34.0 Å². The number of aryl methyl sites for hydroxylation is 2. The van der Waals surface area contributed by atoms with Gasteiger partial charge in [-0.25, -0.2) is 4.98 Å². The Hall–Kier alpha value is -5.46. The Morgan fingerprint density at radius 3 is 2.10 bits per heavy atom. The summed E-state index contributed by atoms with van der Waals surface area (Å²) in [5.74, 6) is 1.31. The van der Waals surface area contributed by atoms with Gasteiger partial charge in [-0.2, -0.15) is 0 Å². The number of imidazole rings is 1. The van der Waals surface area contributed by atoms with Crippen molar-refractivity contribution in [1.82, 2.24) is 19.5 Å². The monoisotopic (exact) mass is 1030 g/mol. The van der Waals surface area contributed by atoms with Gasteiger partial charge >= 0.3 is 0 Å². The van der Waals surface area contributed by atoms with E-state index in [1.807, 2.05) is 39.0 Å². The summed E-state index contributed by atoms with van der Waals surface area (Å²) in [5, 5.41) is 3.04. The first kappa shape index (κ1) is 39.2. The Labute approximate surface area is 395 Å². The molecule has 0 fully saturated rings. The fourth-order valence-electron chi connectivity index (χ4n) is 8.09. The number of fused-ring (bicyclic) bond motifs is 4. The number of nitrogens with zero attached hydrogens (tertiary/aromatic N) is 4. The molecule has 0 N–H and O–H groups in total. The molecule has 0 aliphatic carbocycles. The average Bonchev–Trinajstić information content (AvgIpc) is 3.86. The van der Waals surface area contributed by atoms with Crippen molar-refractivity contribution in [3.8, 4) is 39.5 Å². The van der Waals surface area contributed by atoms with Crippen LogP contribution < -0.4 is 5.19 Å². The number of rotatable bonds is 9. The molecule has 0 saturated heterocycles. The topological polar surface area (TPSA) is 56.7 Å². The molecule has 4 heterocycles. The molecule has 63 heavy (non-hydrogen) atoms. The van der Waals surface area contributed by atoms with Crippen LogP contribution in [0.25, 0.3) is 72.6 Å². The third kappa shape index (κ3) is 9.57. The number of aromatic nitrogens is 4. The quantitative estimate of drug-likeness (QED) is 0.107. The van der Waals surface area contributed by atoms with E-state index in [-0.39, 0.29) is 31.6 Å². The average molecular weight is 1030 g/mol. The van der Waals surface area contributed by atoms with Gasteiger partial charge in [0.15, 0.2) is 0 Å². The number of hydrogen-bond acceptors (Lipinski definition) is 4. The molecule has 0 saturated carbocycles. The largest absolute Gasteiger partial charge is 0.486 e. The normalized spacial score (nSPS) is 13.4. The molecule has 0 spiro atoms. The number of pyridine rings is 2.